The number of nitrogens with zero attached hydrogens (tertiary/aromatic N) is 2. The largest absolute Gasteiger partial charge is 0.309 e. The number of para-hydroxylation sites is 3. The van der Waals surface area contributed by atoms with Crippen LogP contribution in [-0.4, -0.2) is 9.13 Å². The zero-order valence-electron chi connectivity index (χ0n) is 19.6. The summed E-state index contributed by atoms with van der Waals surface area (Å²) in [6.07, 6.45) is 0. The smallest absolute Gasteiger partial charge is 0.0548 e. The van der Waals surface area contributed by atoms with E-state index in [-0.39, 0.29) is 0 Å². The van der Waals surface area contributed by atoms with E-state index in [1.54, 1.807) is 0 Å². The minimum atomic E-state index is 1.18. The van der Waals surface area contributed by atoms with Gasteiger partial charge in [-0.2, -0.15) is 0 Å². The molecule has 0 aliphatic rings. The summed E-state index contributed by atoms with van der Waals surface area (Å²) < 4.78 is 4.82. The van der Waals surface area contributed by atoms with Crippen molar-refractivity contribution in [3.05, 3.63) is 133 Å². The van der Waals surface area contributed by atoms with Gasteiger partial charge in [0.1, 0.15) is 0 Å². The SMILES string of the molecule is c1ccc(-n2c3ccccc3c3c4c5cc6ccccc6cc5n(-c5ccccc5)c4ccc32)cc1. The summed E-state index contributed by atoms with van der Waals surface area (Å²) in [5.74, 6) is 0. The molecule has 0 radical (unpaired) electrons. The number of benzene rings is 6. The molecule has 0 bridgehead atoms. The average Bonchev–Trinajstić information content (AvgIpc) is 3.45. The lowest BCUT2D eigenvalue weighted by Crippen LogP contribution is -1.94. The van der Waals surface area contributed by atoms with Crippen molar-refractivity contribution >= 4 is 54.4 Å². The summed E-state index contributed by atoms with van der Waals surface area (Å²) in [4.78, 5) is 0. The first kappa shape index (κ1) is 19.5. The molecule has 8 aromatic rings. The molecule has 0 saturated heterocycles. The summed E-state index contributed by atoms with van der Waals surface area (Å²) in [5, 5.41) is 7.70. The Morgan fingerprint density at radius 3 is 1.50 bits per heavy atom. The van der Waals surface area contributed by atoms with E-state index in [9.17, 15) is 0 Å². The lowest BCUT2D eigenvalue weighted by Gasteiger charge is -2.09. The normalized spacial score (nSPS) is 11.9. The molecule has 36 heavy (non-hydrogen) atoms. The summed E-state index contributed by atoms with van der Waals surface area (Å²) in [7, 11) is 0. The van der Waals surface area contributed by atoms with Gasteiger partial charge >= 0.3 is 0 Å². The highest BCUT2D eigenvalue weighted by Gasteiger charge is 2.20. The van der Waals surface area contributed by atoms with Gasteiger partial charge in [-0.1, -0.05) is 78.9 Å². The van der Waals surface area contributed by atoms with E-state index in [0.717, 1.165) is 0 Å². The minimum Gasteiger partial charge on any atom is -0.309 e. The maximum absolute atomic E-state index is 2.42. The van der Waals surface area contributed by atoms with Crippen LogP contribution in [0.2, 0.25) is 0 Å². The van der Waals surface area contributed by atoms with E-state index in [2.05, 4.69) is 143 Å². The zero-order valence-corrected chi connectivity index (χ0v) is 19.6. The van der Waals surface area contributed by atoms with E-state index in [1.807, 2.05) is 0 Å². The molecular weight excluding hydrogens is 436 g/mol. The molecule has 2 heterocycles. The number of aromatic nitrogens is 2. The van der Waals surface area contributed by atoms with Gasteiger partial charge in [0.15, 0.2) is 0 Å². The highest BCUT2D eigenvalue weighted by Crippen LogP contribution is 2.43. The molecule has 0 N–H and O–H groups in total. The van der Waals surface area contributed by atoms with Crippen molar-refractivity contribution in [2.45, 2.75) is 0 Å². The Labute approximate surface area is 208 Å². The molecule has 0 amide bonds. The van der Waals surface area contributed by atoms with Crippen LogP contribution in [0.15, 0.2) is 133 Å². The monoisotopic (exact) mass is 458 g/mol. The predicted molar refractivity (Wildman–Crippen MR) is 153 cm³/mol. The first-order valence-corrected chi connectivity index (χ1v) is 12.4. The van der Waals surface area contributed by atoms with Crippen LogP contribution in [0, 0.1) is 0 Å². The second kappa shape index (κ2) is 7.34. The van der Waals surface area contributed by atoms with Crippen LogP contribution in [0.5, 0.6) is 0 Å². The molecule has 0 saturated carbocycles. The Kier molecular flexibility index (Phi) is 3.97. The molecule has 8 rings (SSSR count). The van der Waals surface area contributed by atoms with Crippen LogP contribution in [0.1, 0.15) is 0 Å². The van der Waals surface area contributed by atoms with Crippen molar-refractivity contribution in [1.82, 2.24) is 9.13 Å². The lowest BCUT2D eigenvalue weighted by atomic mass is 10.0. The van der Waals surface area contributed by atoms with Gasteiger partial charge in [0.2, 0.25) is 0 Å². The third kappa shape index (κ3) is 2.61. The predicted octanol–water partition coefficient (Wildman–Crippen LogP) is 9.03. The van der Waals surface area contributed by atoms with E-state index in [1.165, 1.54) is 65.8 Å². The first-order valence-electron chi connectivity index (χ1n) is 12.4. The molecule has 2 nitrogen and oxygen atoms in total. The van der Waals surface area contributed by atoms with Crippen molar-refractivity contribution in [2.75, 3.05) is 0 Å². The molecule has 0 atom stereocenters. The van der Waals surface area contributed by atoms with E-state index < -0.39 is 0 Å². The number of rotatable bonds is 2. The Morgan fingerprint density at radius 2 is 0.833 bits per heavy atom. The zero-order chi connectivity index (χ0) is 23.6. The first-order chi connectivity index (χ1) is 17.9. The van der Waals surface area contributed by atoms with E-state index in [0.29, 0.717) is 0 Å². The summed E-state index contributed by atoms with van der Waals surface area (Å²) in [6, 6.07) is 48.2. The molecule has 0 spiro atoms. The highest BCUT2D eigenvalue weighted by molar-refractivity contribution is 6.29. The maximum atomic E-state index is 2.42. The van der Waals surface area contributed by atoms with Crippen molar-refractivity contribution < 1.29 is 0 Å². The standard InChI is InChI=1S/C34H22N2/c1-3-13-25(14-4-1)35-29-18-10-9-17-27(29)33-30(35)19-20-31-34(33)28-21-23-11-7-8-12-24(23)22-32(28)36(31)26-15-5-2-6-16-26/h1-22H. The van der Waals surface area contributed by atoms with Gasteiger partial charge in [0, 0.05) is 32.9 Å². The Balaban J connectivity index is 1.65. The molecule has 168 valence electrons. The highest BCUT2D eigenvalue weighted by atomic mass is 15.0. The van der Waals surface area contributed by atoms with Gasteiger partial charge < -0.3 is 9.13 Å². The van der Waals surface area contributed by atoms with E-state index >= 15 is 0 Å². The summed E-state index contributed by atoms with van der Waals surface area (Å²) >= 11 is 0. The Bertz CT molecular complexity index is 2080. The number of hydrogen-bond donors (Lipinski definition) is 0. The molecule has 2 heteroatoms. The molecule has 0 unspecified atom stereocenters. The van der Waals surface area contributed by atoms with Crippen LogP contribution >= 0.6 is 0 Å². The van der Waals surface area contributed by atoms with Crippen LogP contribution in [0.3, 0.4) is 0 Å². The molecule has 0 aliphatic carbocycles. The van der Waals surface area contributed by atoms with Gasteiger partial charge in [-0.15, -0.1) is 0 Å². The van der Waals surface area contributed by atoms with Crippen molar-refractivity contribution in [1.29, 1.82) is 0 Å². The van der Waals surface area contributed by atoms with Crippen molar-refractivity contribution in [3.8, 4) is 11.4 Å². The van der Waals surface area contributed by atoms with Crippen molar-refractivity contribution in [2.24, 2.45) is 0 Å². The fraction of sp³-hybridized carbons (Fsp3) is 0. The molecule has 2 aromatic heterocycles. The van der Waals surface area contributed by atoms with Crippen molar-refractivity contribution in [3.63, 3.8) is 0 Å². The van der Waals surface area contributed by atoms with Crippen LogP contribution in [-0.2, 0) is 0 Å². The second-order valence-corrected chi connectivity index (χ2v) is 9.43. The fourth-order valence-corrected chi connectivity index (χ4v) is 5.96. The quantitative estimate of drug-likeness (QED) is 0.244. The maximum Gasteiger partial charge on any atom is 0.0548 e. The number of fused-ring (bicyclic) bond motifs is 8. The third-order valence-electron chi connectivity index (χ3n) is 7.46. The van der Waals surface area contributed by atoms with E-state index in [4.69, 9.17) is 0 Å². The van der Waals surface area contributed by atoms with Crippen LogP contribution in [0.25, 0.3) is 65.8 Å². The topological polar surface area (TPSA) is 9.86 Å². The Morgan fingerprint density at radius 1 is 0.333 bits per heavy atom. The summed E-state index contributed by atoms with van der Waals surface area (Å²) in [5.41, 5.74) is 7.29. The second-order valence-electron chi connectivity index (χ2n) is 9.43. The lowest BCUT2D eigenvalue weighted by molar-refractivity contribution is 1.17. The Hall–Kier alpha value is -4.82. The van der Waals surface area contributed by atoms with Gasteiger partial charge in [0.25, 0.3) is 0 Å². The average molecular weight is 459 g/mol. The van der Waals surface area contributed by atoms with Gasteiger partial charge in [-0.05, 0) is 65.4 Å². The van der Waals surface area contributed by atoms with Gasteiger partial charge in [-0.25, -0.2) is 0 Å². The van der Waals surface area contributed by atoms with Gasteiger partial charge in [-0.3, -0.25) is 0 Å². The van der Waals surface area contributed by atoms with Crippen LogP contribution < -0.4 is 0 Å². The fourth-order valence-electron chi connectivity index (χ4n) is 5.96. The number of hydrogen-bond acceptors (Lipinski definition) is 0. The van der Waals surface area contributed by atoms with Crippen LogP contribution in [0.4, 0.5) is 0 Å². The molecular formula is C34H22N2. The van der Waals surface area contributed by atoms with Gasteiger partial charge in [0.05, 0.1) is 22.1 Å². The molecule has 0 aliphatic heterocycles. The molecule has 0 fully saturated rings. The third-order valence-corrected chi connectivity index (χ3v) is 7.46. The minimum absolute atomic E-state index is 1.18. The molecule has 6 aromatic carbocycles. The summed E-state index contributed by atoms with van der Waals surface area (Å²) in [6.45, 7) is 0.